The average Bonchev–Trinajstić information content (AvgIpc) is 2.28. The molecular weight excluding hydrogens is 228 g/mol. The Hall–Kier alpha value is -1.54. The van der Waals surface area contributed by atoms with E-state index in [1.165, 1.54) is 13.3 Å². The monoisotopic (exact) mass is 240 g/mol. The molecule has 0 amide bonds. The maximum Gasteiger partial charge on any atom is 0.318 e. The molecule has 5 nitrogen and oxygen atoms in total. The topological polar surface area (TPSA) is 70.8 Å². The predicted molar refractivity (Wildman–Crippen MR) is 61.5 cm³/mol. The molecule has 0 atom stereocenters. The molecule has 16 heavy (non-hydrogen) atoms. The van der Waals surface area contributed by atoms with Crippen LogP contribution in [0.5, 0.6) is 6.01 Å². The fourth-order valence-electron chi connectivity index (χ4n) is 0.917. The lowest BCUT2D eigenvalue weighted by Gasteiger charge is -2.16. The molecule has 0 fully saturated rings. The number of nitrogens with zero attached hydrogens (tertiary/aromatic N) is 3. The Morgan fingerprint density at radius 1 is 1.62 bits per heavy atom. The minimum absolute atomic E-state index is 0.238. The molecule has 1 rings (SSSR count). The largest absolute Gasteiger partial charge is 0.467 e. The van der Waals surface area contributed by atoms with Crippen LogP contribution in [0.25, 0.3) is 0 Å². The highest BCUT2D eigenvalue weighted by molar-refractivity contribution is 6.32. The number of anilines is 1. The molecule has 6 heteroatoms. The van der Waals surface area contributed by atoms with Crippen LogP contribution in [0.3, 0.4) is 0 Å². The van der Waals surface area contributed by atoms with Gasteiger partial charge in [-0.15, -0.1) is 0 Å². The van der Waals surface area contributed by atoms with Crippen molar-refractivity contribution in [2.45, 2.75) is 13.8 Å². The maximum absolute atomic E-state index is 8.86. The number of aromatic nitrogens is 2. The third-order valence-electron chi connectivity index (χ3n) is 1.91. The third-order valence-corrected chi connectivity index (χ3v) is 2.18. The van der Waals surface area contributed by atoms with E-state index in [-0.39, 0.29) is 6.01 Å². The molecule has 0 spiro atoms. The first-order chi connectivity index (χ1) is 7.48. The Bertz CT molecular complexity index is 414. The maximum atomic E-state index is 8.86. The number of hydrogen-bond donors (Lipinski definition) is 1. The van der Waals surface area contributed by atoms with Crippen LogP contribution in [-0.4, -0.2) is 23.6 Å². The Kier molecular flexibility index (Phi) is 3.91. The predicted octanol–water partition coefficient (Wildman–Crippen LogP) is 2.10. The Morgan fingerprint density at radius 2 is 2.31 bits per heavy atom. The Balaban J connectivity index is 2.78. The molecule has 0 aliphatic rings. The number of ether oxygens (including phenoxy) is 1. The minimum Gasteiger partial charge on any atom is -0.467 e. The molecule has 0 aromatic carbocycles. The Labute approximate surface area is 99.4 Å². The van der Waals surface area contributed by atoms with E-state index in [2.05, 4.69) is 21.4 Å². The summed E-state index contributed by atoms with van der Waals surface area (Å²) in [7, 11) is 1.48. The summed E-state index contributed by atoms with van der Waals surface area (Å²) in [6, 6.07) is 2.42. The third kappa shape index (κ3) is 3.24. The van der Waals surface area contributed by atoms with E-state index in [1.54, 1.807) is 0 Å². The van der Waals surface area contributed by atoms with Gasteiger partial charge in [-0.3, -0.25) is 0 Å². The van der Waals surface area contributed by atoms with E-state index >= 15 is 0 Å². The van der Waals surface area contributed by atoms with Crippen molar-refractivity contribution in [1.29, 1.82) is 5.26 Å². The van der Waals surface area contributed by atoms with Gasteiger partial charge in [0.05, 0.1) is 24.8 Å². The summed E-state index contributed by atoms with van der Waals surface area (Å²) in [4.78, 5) is 7.89. The highest BCUT2D eigenvalue weighted by Gasteiger charge is 2.17. The zero-order chi connectivity index (χ0) is 12.2. The van der Waals surface area contributed by atoms with E-state index in [0.29, 0.717) is 17.4 Å². The van der Waals surface area contributed by atoms with Crippen LogP contribution < -0.4 is 10.1 Å². The highest BCUT2D eigenvalue weighted by Crippen LogP contribution is 2.22. The van der Waals surface area contributed by atoms with Crippen molar-refractivity contribution in [2.24, 2.45) is 5.41 Å². The van der Waals surface area contributed by atoms with Crippen LogP contribution >= 0.6 is 11.6 Å². The van der Waals surface area contributed by atoms with E-state index in [1.807, 2.05) is 13.8 Å². The van der Waals surface area contributed by atoms with Crippen LogP contribution in [-0.2, 0) is 0 Å². The van der Waals surface area contributed by atoms with Crippen LogP contribution in [0, 0.1) is 16.7 Å². The number of rotatable bonds is 4. The lowest BCUT2D eigenvalue weighted by atomic mass is 9.96. The van der Waals surface area contributed by atoms with Crippen LogP contribution in [0.15, 0.2) is 6.20 Å². The molecule has 0 aliphatic carbocycles. The van der Waals surface area contributed by atoms with Gasteiger partial charge >= 0.3 is 6.01 Å². The molecule has 1 heterocycles. The van der Waals surface area contributed by atoms with Crippen molar-refractivity contribution in [2.75, 3.05) is 19.0 Å². The lowest BCUT2D eigenvalue weighted by molar-refractivity contribution is 0.380. The molecular formula is C10H13ClN4O. The number of hydrogen-bond acceptors (Lipinski definition) is 5. The zero-order valence-electron chi connectivity index (χ0n) is 9.41. The van der Waals surface area contributed by atoms with Gasteiger partial charge in [0, 0.05) is 6.54 Å². The van der Waals surface area contributed by atoms with Crippen LogP contribution in [0.1, 0.15) is 13.8 Å². The van der Waals surface area contributed by atoms with Crippen LogP contribution in [0.2, 0.25) is 5.02 Å². The average molecular weight is 241 g/mol. The molecule has 1 N–H and O–H groups in total. The standard InChI is InChI=1S/C10H13ClN4O/c1-10(2,5-12)6-14-8-7(11)4-13-9(15-8)16-3/h4H,6H2,1-3H3,(H,13,14,15). The summed E-state index contributed by atoms with van der Waals surface area (Å²) < 4.78 is 4.88. The van der Waals surface area contributed by atoms with Gasteiger partial charge < -0.3 is 10.1 Å². The van der Waals surface area contributed by atoms with Crippen molar-refractivity contribution >= 4 is 17.4 Å². The minimum atomic E-state index is -0.485. The van der Waals surface area contributed by atoms with Gasteiger partial charge in [-0.25, -0.2) is 4.98 Å². The van der Waals surface area contributed by atoms with Crippen molar-refractivity contribution in [3.05, 3.63) is 11.2 Å². The zero-order valence-corrected chi connectivity index (χ0v) is 10.2. The van der Waals surface area contributed by atoms with Crippen LogP contribution in [0.4, 0.5) is 5.82 Å². The van der Waals surface area contributed by atoms with Gasteiger partial charge in [0.15, 0.2) is 5.82 Å². The van der Waals surface area contributed by atoms with Crippen molar-refractivity contribution in [1.82, 2.24) is 9.97 Å². The van der Waals surface area contributed by atoms with Crippen molar-refractivity contribution in [3.63, 3.8) is 0 Å². The second-order valence-corrected chi connectivity index (χ2v) is 4.31. The van der Waals surface area contributed by atoms with Gasteiger partial charge in [0.25, 0.3) is 0 Å². The van der Waals surface area contributed by atoms with E-state index in [9.17, 15) is 0 Å². The summed E-state index contributed by atoms with van der Waals surface area (Å²) in [6.45, 7) is 4.10. The van der Waals surface area contributed by atoms with Crippen molar-refractivity contribution < 1.29 is 4.74 Å². The molecule has 0 bridgehead atoms. The van der Waals surface area contributed by atoms with Crippen molar-refractivity contribution in [3.8, 4) is 12.1 Å². The summed E-state index contributed by atoms with van der Waals surface area (Å²) in [5, 5.41) is 12.3. The molecule has 0 unspecified atom stereocenters. The normalized spacial score (nSPS) is 10.7. The van der Waals surface area contributed by atoms with Gasteiger partial charge in [-0.2, -0.15) is 10.2 Å². The molecule has 0 radical (unpaired) electrons. The molecule has 0 saturated carbocycles. The number of halogens is 1. The first-order valence-electron chi connectivity index (χ1n) is 4.70. The Morgan fingerprint density at radius 3 is 2.88 bits per heavy atom. The molecule has 1 aromatic heterocycles. The summed E-state index contributed by atoms with van der Waals surface area (Å²) in [5.74, 6) is 0.469. The second kappa shape index (κ2) is 4.99. The van der Waals surface area contributed by atoms with E-state index in [4.69, 9.17) is 21.6 Å². The number of nitriles is 1. The smallest absolute Gasteiger partial charge is 0.318 e. The SMILES string of the molecule is COc1ncc(Cl)c(NCC(C)(C)C#N)n1. The summed E-state index contributed by atoms with van der Waals surface area (Å²) >= 11 is 5.90. The van der Waals surface area contributed by atoms with Gasteiger partial charge in [0.2, 0.25) is 0 Å². The van der Waals surface area contributed by atoms with E-state index in [0.717, 1.165) is 0 Å². The molecule has 1 aromatic rings. The van der Waals surface area contributed by atoms with E-state index < -0.39 is 5.41 Å². The first kappa shape index (κ1) is 12.5. The molecule has 0 aliphatic heterocycles. The lowest BCUT2D eigenvalue weighted by Crippen LogP contribution is -2.21. The number of methoxy groups -OCH3 is 1. The first-order valence-corrected chi connectivity index (χ1v) is 5.08. The fraction of sp³-hybridized carbons (Fsp3) is 0.500. The van der Waals surface area contributed by atoms with Gasteiger partial charge in [-0.1, -0.05) is 11.6 Å². The number of nitrogens with one attached hydrogen (secondary N) is 1. The quantitative estimate of drug-likeness (QED) is 0.873. The summed E-state index contributed by atoms with van der Waals surface area (Å²) in [5.41, 5.74) is -0.485. The second-order valence-electron chi connectivity index (χ2n) is 3.90. The fourth-order valence-corrected chi connectivity index (χ4v) is 1.08. The molecule has 0 saturated heterocycles. The van der Waals surface area contributed by atoms with Gasteiger partial charge in [0.1, 0.15) is 5.02 Å². The van der Waals surface area contributed by atoms with Gasteiger partial charge in [-0.05, 0) is 13.8 Å². The summed E-state index contributed by atoms with van der Waals surface area (Å²) in [6.07, 6.45) is 1.45. The molecule has 86 valence electrons. The highest BCUT2D eigenvalue weighted by atomic mass is 35.5.